The molecule has 5 heteroatoms. The average molecular weight is 409 g/mol. The Labute approximate surface area is 136 Å². The molecule has 0 saturated carbocycles. The van der Waals surface area contributed by atoms with Crippen LogP contribution in [-0.2, 0) is 10.0 Å². The molecule has 0 heterocycles. The fourth-order valence-electron chi connectivity index (χ4n) is 2.06. The zero-order chi connectivity index (χ0) is 15.0. The summed E-state index contributed by atoms with van der Waals surface area (Å²) in [4.78, 5) is 0.343. The Hall–Kier alpha value is -0.140. The van der Waals surface area contributed by atoms with E-state index in [1.165, 1.54) is 25.7 Å². The molecule has 1 aromatic carbocycles. The van der Waals surface area contributed by atoms with Crippen LogP contribution >= 0.6 is 22.6 Å². The highest BCUT2D eigenvalue weighted by atomic mass is 127. The summed E-state index contributed by atoms with van der Waals surface area (Å²) in [5, 5.41) is 0. The molecule has 1 aromatic rings. The Kier molecular flexibility index (Phi) is 8.06. The van der Waals surface area contributed by atoms with E-state index in [-0.39, 0.29) is 6.04 Å². The second-order valence-corrected chi connectivity index (χ2v) is 8.14. The van der Waals surface area contributed by atoms with E-state index in [0.29, 0.717) is 4.90 Å². The molecule has 0 amide bonds. The molecule has 0 radical (unpaired) electrons. The molecule has 0 bridgehead atoms. The van der Waals surface area contributed by atoms with Crippen LogP contribution < -0.4 is 4.72 Å². The summed E-state index contributed by atoms with van der Waals surface area (Å²) in [5.41, 5.74) is 0. The number of halogens is 1. The first-order chi connectivity index (χ1) is 9.45. The SMILES string of the molecule is CCCCCCCC(C)NS(=O)(=O)c1ccc(I)cc1. The van der Waals surface area contributed by atoms with Crippen molar-refractivity contribution < 1.29 is 8.42 Å². The van der Waals surface area contributed by atoms with Gasteiger partial charge < -0.3 is 0 Å². The second-order valence-electron chi connectivity index (χ2n) is 5.18. The topological polar surface area (TPSA) is 46.2 Å². The number of rotatable bonds is 9. The van der Waals surface area contributed by atoms with Gasteiger partial charge in [-0.3, -0.25) is 0 Å². The summed E-state index contributed by atoms with van der Waals surface area (Å²) in [7, 11) is -3.38. The van der Waals surface area contributed by atoms with Crippen LogP contribution in [0.15, 0.2) is 29.2 Å². The average Bonchev–Trinajstić information content (AvgIpc) is 2.38. The molecule has 0 aromatic heterocycles. The predicted molar refractivity (Wildman–Crippen MR) is 92.3 cm³/mol. The minimum absolute atomic E-state index is 0.0131. The van der Waals surface area contributed by atoms with E-state index in [1.54, 1.807) is 12.1 Å². The lowest BCUT2D eigenvalue weighted by Crippen LogP contribution is -2.32. The number of nitrogens with one attached hydrogen (secondary N) is 1. The lowest BCUT2D eigenvalue weighted by atomic mass is 10.1. The third-order valence-corrected chi connectivity index (χ3v) is 5.55. The first kappa shape index (κ1) is 17.9. The Bertz CT molecular complexity index is 485. The van der Waals surface area contributed by atoms with E-state index < -0.39 is 10.0 Å². The number of hydrogen-bond acceptors (Lipinski definition) is 2. The van der Waals surface area contributed by atoms with E-state index in [2.05, 4.69) is 34.2 Å². The lowest BCUT2D eigenvalue weighted by Gasteiger charge is -2.14. The maximum Gasteiger partial charge on any atom is 0.240 e. The van der Waals surface area contributed by atoms with Gasteiger partial charge in [-0.2, -0.15) is 0 Å². The minimum atomic E-state index is -3.38. The first-order valence-electron chi connectivity index (χ1n) is 7.23. The molecule has 0 fully saturated rings. The van der Waals surface area contributed by atoms with Crippen LogP contribution in [0.1, 0.15) is 52.4 Å². The zero-order valence-corrected chi connectivity index (χ0v) is 15.2. The predicted octanol–water partition coefficient (Wildman–Crippen LogP) is 4.32. The molecule has 0 saturated heterocycles. The molecule has 3 nitrogen and oxygen atoms in total. The van der Waals surface area contributed by atoms with Gasteiger partial charge in [0.15, 0.2) is 0 Å². The third-order valence-electron chi connectivity index (χ3n) is 3.22. The number of hydrogen-bond donors (Lipinski definition) is 1. The monoisotopic (exact) mass is 409 g/mol. The van der Waals surface area contributed by atoms with Gasteiger partial charge in [0.1, 0.15) is 0 Å². The van der Waals surface area contributed by atoms with Gasteiger partial charge >= 0.3 is 0 Å². The fourth-order valence-corrected chi connectivity index (χ4v) is 3.70. The van der Waals surface area contributed by atoms with Crippen molar-refractivity contribution in [3.63, 3.8) is 0 Å². The summed E-state index contributed by atoms with van der Waals surface area (Å²) >= 11 is 2.16. The highest BCUT2D eigenvalue weighted by molar-refractivity contribution is 14.1. The van der Waals surface area contributed by atoms with E-state index in [0.717, 1.165) is 16.4 Å². The van der Waals surface area contributed by atoms with Crippen molar-refractivity contribution in [1.82, 2.24) is 4.72 Å². The minimum Gasteiger partial charge on any atom is -0.208 e. The van der Waals surface area contributed by atoms with Gasteiger partial charge in [0.2, 0.25) is 10.0 Å². The molecular formula is C15H24INO2S. The Morgan fingerprint density at radius 3 is 2.30 bits per heavy atom. The van der Waals surface area contributed by atoms with E-state index >= 15 is 0 Å². The highest BCUT2D eigenvalue weighted by Crippen LogP contribution is 2.14. The molecule has 1 atom stereocenters. The van der Waals surface area contributed by atoms with Gasteiger partial charge in [-0.15, -0.1) is 0 Å². The largest absolute Gasteiger partial charge is 0.240 e. The van der Waals surface area contributed by atoms with Crippen LogP contribution in [0.2, 0.25) is 0 Å². The maximum absolute atomic E-state index is 12.2. The zero-order valence-electron chi connectivity index (χ0n) is 12.2. The van der Waals surface area contributed by atoms with Gasteiger partial charge in [0.05, 0.1) is 4.90 Å². The summed E-state index contributed by atoms with van der Waals surface area (Å²) in [5.74, 6) is 0. The molecule has 114 valence electrons. The van der Waals surface area contributed by atoms with E-state index in [9.17, 15) is 8.42 Å². The summed E-state index contributed by atoms with van der Waals surface area (Å²) in [6, 6.07) is 6.91. The van der Waals surface area contributed by atoms with Crippen LogP contribution in [0.5, 0.6) is 0 Å². The number of unbranched alkanes of at least 4 members (excludes halogenated alkanes) is 4. The van der Waals surface area contributed by atoms with Crippen molar-refractivity contribution in [3.8, 4) is 0 Å². The normalized spacial score (nSPS) is 13.3. The first-order valence-corrected chi connectivity index (χ1v) is 9.80. The van der Waals surface area contributed by atoms with Gasteiger partial charge in [-0.05, 0) is 60.2 Å². The fraction of sp³-hybridized carbons (Fsp3) is 0.600. The molecule has 0 aliphatic rings. The summed E-state index contributed by atoms with van der Waals surface area (Å²) in [6.07, 6.45) is 6.90. The Balaban J connectivity index is 2.43. The molecule has 0 aliphatic heterocycles. The van der Waals surface area contributed by atoms with Crippen LogP contribution in [0.25, 0.3) is 0 Å². The van der Waals surface area contributed by atoms with Crippen molar-refractivity contribution in [2.45, 2.75) is 63.3 Å². The van der Waals surface area contributed by atoms with Crippen molar-refractivity contribution in [1.29, 1.82) is 0 Å². The summed E-state index contributed by atoms with van der Waals surface area (Å²) in [6.45, 7) is 4.13. The second kappa shape index (κ2) is 9.00. The van der Waals surface area contributed by atoms with Gasteiger partial charge in [-0.1, -0.05) is 39.0 Å². The molecule has 0 aliphatic carbocycles. The molecule has 1 rings (SSSR count). The number of sulfonamides is 1. The smallest absolute Gasteiger partial charge is 0.208 e. The molecule has 0 spiro atoms. The molecule has 1 unspecified atom stereocenters. The van der Waals surface area contributed by atoms with Crippen molar-refractivity contribution in [3.05, 3.63) is 27.8 Å². The van der Waals surface area contributed by atoms with Crippen molar-refractivity contribution >= 4 is 32.6 Å². The van der Waals surface area contributed by atoms with E-state index in [1.807, 2.05) is 19.1 Å². The van der Waals surface area contributed by atoms with Gasteiger partial charge in [0.25, 0.3) is 0 Å². The van der Waals surface area contributed by atoms with E-state index in [4.69, 9.17) is 0 Å². The maximum atomic E-state index is 12.2. The Morgan fingerprint density at radius 2 is 1.70 bits per heavy atom. The van der Waals surface area contributed by atoms with Crippen LogP contribution in [0.4, 0.5) is 0 Å². The van der Waals surface area contributed by atoms with Crippen molar-refractivity contribution in [2.75, 3.05) is 0 Å². The van der Waals surface area contributed by atoms with Crippen molar-refractivity contribution in [2.24, 2.45) is 0 Å². The van der Waals surface area contributed by atoms with Crippen LogP contribution in [0, 0.1) is 3.57 Å². The molecule has 1 N–H and O–H groups in total. The van der Waals surface area contributed by atoms with Crippen LogP contribution in [-0.4, -0.2) is 14.5 Å². The number of benzene rings is 1. The Morgan fingerprint density at radius 1 is 1.10 bits per heavy atom. The van der Waals surface area contributed by atoms with Gasteiger partial charge in [0, 0.05) is 9.61 Å². The lowest BCUT2D eigenvalue weighted by molar-refractivity contribution is 0.518. The summed E-state index contributed by atoms with van der Waals surface area (Å²) < 4.78 is 28.1. The standard InChI is InChI=1S/C15H24INO2S/c1-3-4-5-6-7-8-13(2)17-20(18,19)15-11-9-14(16)10-12-15/h9-13,17H,3-8H2,1-2H3. The van der Waals surface area contributed by atoms with Crippen LogP contribution in [0.3, 0.4) is 0 Å². The molecular weight excluding hydrogens is 385 g/mol. The quantitative estimate of drug-likeness (QED) is 0.488. The third kappa shape index (κ3) is 6.54. The highest BCUT2D eigenvalue weighted by Gasteiger charge is 2.16. The van der Waals surface area contributed by atoms with Gasteiger partial charge in [-0.25, -0.2) is 13.1 Å². The molecule has 20 heavy (non-hydrogen) atoms.